The Balaban J connectivity index is 1.58. The summed E-state index contributed by atoms with van der Waals surface area (Å²) in [6, 6.07) is 8.54. The van der Waals surface area contributed by atoms with Crippen molar-refractivity contribution in [2.24, 2.45) is 0 Å². The Hall–Kier alpha value is -6.32. The van der Waals surface area contributed by atoms with Crippen molar-refractivity contribution in [3.05, 3.63) is 47.5 Å². The third-order valence-electron chi connectivity index (χ3n) is 9.31. The van der Waals surface area contributed by atoms with Crippen molar-refractivity contribution < 1.29 is 100 Å². The highest BCUT2D eigenvalue weighted by Crippen LogP contribution is 2.43. The van der Waals surface area contributed by atoms with Gasteiger partial charge in [0.2, 0.25) is 6.29 Å². The van der Waals surface area contributed by atoms with Gasteiger partial charge in [0, 0.05) is 60.6 Å². The number of phenolic OH excluding ortho intramolecular Hbond substituents is 1. The lowest BCUT2D eigenvalue weighted by molar-refractivity contribution is -0.356. The Morgan fingerprint density at radius 2 is 1.18 bits per heavy atom. The van der Waals surface area contributed by atoms with E-state index in [1.807, 2.05) is 0 Å². The second-order valence-electron chi connectivity index (χ2n) is 14.4. The summed E-state index contributed by atoms with van der Waals surface area (Å²) in [5, 5.41) is 11.2. The molecule has 3 aliphatic rings. The zero-order chi connectivity index (χ0) is 45.6. The topological polar surface area (TPSA) is 268 Å². The Kier molecular flexibility index (Phi) is 15.1. The molecular formula is C41H46O21. The summed E-state index contributed by atoms with van der Waals surface area (Å²) in [5.74, 6) is -6.83. The van der Waals surface area contributed by atoms with Crippen molar-refractivity contribution in [3.63, 3.8) is 0 Å². The zero-order valence-electron chi connectivity index (χ0n) is 34.8. The molecule has 0 radical (unpaired) electrons. The number of esters is 7. The third-order valence-corrected chi connectivity index (χ3v) is 9.31. The average Bonchev–Trinajstić information content (AvgIpc) is 3.15. The van der Waals surface area contributed by atoms with Crippen LogP contribution in [0.15, 0.2) is 36.4 Å². The first-order chi connectivity index (χ1) is 29.2. The van der Waals surface area contributed by atoms with Crippen molar-refractivity contribution in [2.45, 2.75) is 129 Å². The first-order valence-electron chi connectivity index (χ1n) is 19.2. The lowest BCUT2D eigenvalue weighted by atomic mass is 9.95. The number of aromatic hydroxyl groups is 1. The van der Waals surface area contributed by atoms with Gasteiger partial charge in [-0.25, -0.2) is 0 Å². The molecule has 336 valence electrons. The molecule has 0 unspecified atom stereocenters. The van der Waals surface area contributed by atoms with Gasteiger partial charge in [0.1, 0.15) is 47.4 Å². The minimum absolute atomic E-state index is 0.121. The molecule has 62 heavy (non-hydrogen) atoms. The number of ketones is 1. The monoisotopic (exact) mass is 874 g/mol. The lowest BCUT2D eigenvalue weighted by Crippen LogP contribution is -2.67. The summed E-state index contributed by atoms with van der Waals surface area (Å²) in [6.07, 6.45) is -16.8. The maximum absolute atomic E-state index is 13.4. The van der Waals surface area contributed by atoms with Crippen LogP contribution in [0.5, 0.6) is 23.0 Å². The van der Waals surface area contributed by atoms with Crippen molar-refractivity contribution in [1.29, 1.82) is 0 Å². The van der Waals surface area contributed by atoms with Crippen LogP contribution < -0.4 is 14.2 Å². The van der Waals surface area contributed by atoms with Crippen LogP contribution in [0.2, 0.25) is 0 Å². The van der Waals surface area contributed by atoms with Crippen molar-refractivity contribution >= 4 is 47.6 Å². The minimum Gasteiger partial charge on any atom is -0.507 e. The molecule has 0 aromatic heterocycles. The van der Waals surface area contributed by atoms with Crippen LogP contribution in [0.3, 0.4) is 0 Å². The van der Waals surface area contributed by atoms with Crippen LogP contribution in [-0.2, 0) is 76.2 Å². The van der Waals surface area contributed by atoms with E-state index in [-0.39, 0.29) is 29.2 Å². The molecule has 0 aliphatic carbocycles. The number of fused-ring (bicyclic) bond motifs is 1. The predicted octanol–water partition coefficient (Wildman–Crippen LogP) is 2.48. The van der Waals surface area contributed by atoms with E-state index in [0.717, 1.165) is 47.6 Å². The second-order valence-corrected chi connectivity index (χ2v) is 14.4. The van der Waals surface area contributed by atoms with Gasteiger partial charge in [-0.3, -0.25) is 38.4 Å². The first kappa shape index (κ1) is 46.7. The third kappa shape index (κ3) is 11.7. The number of hydrogen-bond acceptors (Lipinski definition) is 21. The minimum atomic E-state index is -1.80. The number of ether oxygens (including phenoxy) is 12. The van der Waals surface area contributed by atoms with Gasteiger partial charge in [0.05, 0.1) is 12.5 Å². The van der Waals surface area contributed by atoms with Gasteiger partial charge in [-0.05, 0) is 24.6 Å². The van der Waals surface area contributed by atoms with Crippen molar-refractivity contribution in [3.8, 4) is 23.0 Å². The number of benzene rings is 2. The maximum atomic E-state index is 13.4. The molecule has 1 N–H and O–H groups in total. The largest absolute Gasteiger partial charge is 0.507 e. The molecule has 0 saturated carbocycles. The Morgan fingerprint density at radius 1 is 0.629 bits per heavy atom. The number of carbonyl (C=O) groups excluding carboxylic acids is 8. The molecule has 0 amide bonds. The summed E-state index contributed by atoms with van der Waals surface area (Å²) in [5.41, 5.74) is 0.353. The van der Waals surface area contributed by atoms with E-state index >= 15 is 0 Å². The highest BCUT2D eigenvalue weighted by Gasteiger charge is 2.57. The predicted molar refractivity (Wildman–Crippen MR) is 201 cm³/mol. The highest BCUT2D eigenvalue weighted by atomic mass is 16.8. The van der Waals surface area contributed by atoms with Gasteiger partial charge in [0.15, 0.2) is 48.7 Å². The van der Waals surface area contributed by atoms with Gasteiger partial charge in [-0.1, -0.05) is 12.1 Å². The smallest absolute Gasteiger partial charge is 0.308 e. The van der Waals surface area contributed by atoms with Gasteiger partial charge in [-0.15, -0.1) is 0 Å². The molecule has 21 heteroatoms. The van der Waals surface area contributed by atoms with Gasteiger partial charge in [-0.2, -0.15) is 0 Å². The summed E-state index contributed by atoms with van der Waals surface area (Å²) in [4.78, 5) is 99.0. The molecular weight excluding hydrogens is 828 g/mol. The first-order valence-corrected chi connectivity index (χ1v) is 19.2. The number of carbonyl (C=O) groups is 8. The van der Waals surface area contributed by atoms with Crippen molar-refractivity contribution in [1.82, 2.24) is 0 Å². The highest BCUT2D eigenvalue weighted by molar-refractivity contribution is 6.02. The SMILES string of the molecule is CC(=O)OC[C@H]1O[C@@H](Oc2cc(O)c3c(c2)O[C@H](c2ccc(OC(C)=O)cc2)CC3=O)[C@H](O[C@@H]2O[C@H](C)[C@H](OC(C)=O)[C@H](OC(C)=O)[C@H]2OC(C)=O)[C@@H](OC(C)=O)[C@@H]1OC(C)=O. The van der Waals surface area contributed by atoms with E-state index in [2.05, 4.69) is 0 Å². The van der Waals surface area contributed by atoms with Gasteiger partial charge >= 0.3 is 41.8 Å². The average molecular weight is 875 g/mol. The molecule has 21 nitrogen and oxygen atoms in total. The molecule has 3 heterocycles. The van der Waals surface area contributed by atoms with Crippen LogP contribution in [0.25, 0.3) is 0 Å². The molecule has 0 bridgehead atoms. The zero-order valence-corrected chi connectivity index (χ0v) is 34.8. The molecule has 2 aromatic carbocycles. The number of phenols is 1. The van der Waals surface area contributed by atoms with Crippen LogP contribution >= 0.6 is 0 Å². The summed E-state index contributed by atoms with van der Waals surface area (Å²) < 4.78 is 69.1. The quantitative estimate of drug-likeness (QED) is 0.172. The maximum Gasteiger partial charge on any atom is 0.308 e. The molecule has 2 saturated heterocycles. The summed E-state index contributed by atoms with van der Waals surface area (Å²) in [6.45, 7) is 8.47. The Labute approximate surface area is 354 Å². The van der Waals surface area contributed by atoms with E-state index < -0.39 is 127 Å². The van der Waals surface area contributed by atoms with Gasteiger partial charge in [0.25, 0.3) is 0 Å². The fourth-order valence-corrected chi connectivity index (χ4v) is 7.06. The van der Waals surface area contributed by atoms with Crippen molar-refractivity contribution in [2.75, 3.05) is 6.61 Å². The summed E-state index contributed by atoms with van der Waals surface area (Å²) in [7, 11) is 0. The second kappa shape index (κ2) is 20.0. The summed E-state index contributed by atoms with van der Waals surface area (Å²) >= 11 is 0. The van der Waals surface area contributed by atoms with E-state index in [1.54, 1.807) is 12.1 Å². The fraction of sp³-hybridized carbons (Fsp3) is 0.512. The molecule has 3 aliphatic heterocycles. The Bertz CT molecular complexity index is 2050. The van der Waals surface area contributed by atoms with E-state index in [0.29, 0.717) is 5.56 Å². The van der Waals surface area contributed by atoms with Crippen LogP contribution in [0, 0.1) is 0 Å². The molecule has 2 fully saturated rings. The van der Waals surface area contributed by atoms with E-state index in [4.69, 9.17) is 56.8 Å². The van der Waals surface area contributed by atoms with Crippen LogP contribution in [-0.4, -0.2) is 121 Å². The Morgan fingerprint density at radius 3 is 1.74 bits per heavy atom. The lowest BCUT2D eigenvalue weighted by Gasteiger charge is -2.48. The van der Waals surface area contributed by atoms with Gasteiger partial charge < -0.3 is 61.9 Å². The molecule has 2 aromatic rings. The molecule has 5 rings (SSSR count). The fourth-order valence-electron chi connectivity index (χ4n) is 7.06. The van der Waals surface area contributed by atoms with E-state index in [1.165, 1.54) is 32.0 Å². The number of Topliss-reactive ketones (excluding diaryl/α,β-unsaturated/α-hetero) is 1. The number of hydrogen-bond donors (Lipinski definition) is 1. The number of rotatable bonds is 13. The normalized spacial score (nSPS) is 27.8. The standard InChI is InChI=1S/C41H46O21/c1-17-34(54-20(4)44)36(56-22(6)46)38(58-24(8)48)40(52-17)62-39-37(57-23(7)47)35(55-21(5)45)32(16-51-18(2)42)61-41(39)59-27-13-28(49)33-29(50)15-30(60-31(33)14-27)25-9-11-26(12-10-25)53-19(3)43/h9-14,17,30,32,34-41,49H,15-16H2,1-8H3/t17-,30+,32-,34+,35-,36+,37+,38-,39-,40+,41-/m1/s1. The van der Waals surface area contributed by atoms with Crippen LogP contribution in [0.1, 0.15) is 83.8 Å². The van der Waals surface area contributed by atoms with E-state index in [9.17, 15) is 43.5 Å². The molecule has 11 atom stereocenters. The molecule has 0 spiro atoms. The van der Waals surface area contributed by atoms with Crippen LogP contribution in [0.4, 0.5) is 0 Å².